The van der Waals surface area contributed by atoms with Gasteiger partial charge in [-0.15, -0.1) is 0 Å². The molecule has 8 heteroatoms. The number of amides is 2. The lowest BCUT2D eigenvalue weighted by molar-refractivity contribution is -0.123. The van der Waals surface area contributed by atoms with Gasteiger partial charge in [0.25, 0.3) is 11.8 Å². The topological polar surface area (TPSA) is 67.9 Å². The van der Waals surface area contributed by atoms with Crippen LogP contribution in [0.25, 0.3) is 6.08 Å². The van der Waals surface area contributed by atoms with Gasteiger partial charge in [-0.3, -0.25) is 14.5 Å². The lowest BCUT2D eigenvalue weighted by atomic mass is 10.1. The predicted octanol–water partition coefficient (Wildman–Crippen LogP) is 6.07. The third-order valence-electron chi connectivity index (χ3n) is 5.49. The molecule has 0 aliphatic carbocycles. The highest BCUT2D eigenvalue weighted by Gasteiger charge is 2.35. The quantitative estimate of drug-likeness (QED) is 0.274. The lowest BCUT2D eigenvalue weighted by Crippen LogP contribution is -2.30. The van der Waals surface area contributed by atoms with Crippen molar-refractivity contribution in [3.8, 4) is 11.5 Å². The molecule has 36 heavy (non-hydrogen) atoms. The first kappa shape index (κ1) is 25.5. The van der Waals surface area contributed by atoms with E-state index in [1.54, 1.807) is 41.3 Å². The average Bonchev–Trinajstić information content (AvgIpc) is 3.17. The zero-order chi connectivity index (χ0) is 25.5. The van der Waals surface area contributed by atoms with E-state index in [0.717, 1.165) is 16.9 Å². The van der Waals surface area contributed by atoms with Crippen molar-refractivity contribution in [3.63, 3.8) is 0 Å². The van der Waals surface area contributed by atoms with E-state index < -0.39 is 0 Å². The normalized spacial score (nSPS) is 15.2. The third kappa shape index (κ3) is 6.33. The van der Waals surface area contributed by atoms with Crippen LogP contribution in [0, 0.1) is 0 Å². The van der Waals surface area contributed by atoms with E-state index in [1.165, 1.54) is 11.8 Å². The summed E-state index contributed by atoms with van der Waals surface area (Å²) in [5, 5.41) is 2.79. The molecule has 1 aliphatic rings. The number of hydrogen-bond acceptors (Lipinski definition) is 6. The molecule has 1 atom stereocenters. The van der Waals surface area contributed by atoms with Gasteiger partial charge < -0.3 is 14.8 Å². The van der Waals surface area contributed by atoms with Crippen LogP contribution in [-0.2, 0) is 9.59 Å². The van der Waals surface area contributed by atoms with Gasteiger partial charge >= 0.3 is 0 Å². The highest BCUT2D eigenvalue weighted by Crippen LogP contribution is 2.38. The molecule has 184 valence electrons. The van der Waals surface area contributed by atoms with Crippen molar-refractivity contribution in [1.82, 2.24) is 4.90 Å². The summed E-state index contributed by atoms with van der Waals surface area (Å²) in [6.45, 7) is 4.35. The number of hydrogen-bond donors (Lipinski definition) is 1. The van der Waals surface area contributed by atoms with Crippen molar-refractivity contribution in [1.29, 1.82) is 0 Å². The second-order valence-corrected chi connectivity index (χ2v) is 9.68. The summed E-state index contributed by atoms with van der Waals surface area (Å²) in [6.07, 6.45) is 1.82. The van der Waals surface area contributed by atoms with Gasteiger partial charge in [0.15, 0.2) is 6.61 Å². The van der Waals surface area contributed by atoms with Gasteiger partial charge in [-0.25, -0.2) is 0 Å². The Balaban J connectivity index is 1.32. The Morgan fingerprint density at radius 1 is 1.00 bits per heavy atom. The molecule has 0 radical (unpaired) electrons. The minimum Gasteiger partial charge on any atom is -0.494 e. The minimum absolute atomic E-state index is 0.104. The van der Waals surface area contributed by atoms with Crippen molar-refractivity contribution in [2.24, 2.45) is 0 Å². The van der Waals surface area contributed by atoms with E-state index in [-0.39, 0.29) is 24.5 Å². The van der Waals surface area contributed by atoms with Crippen LogP contribution in [0.15, 0.2) is 83.8 Å². The maximum absolute atomic E-state index is 13.1. The molecule has 3 aromatic rings. The summed E-state index contributed by atoms with van der Waals surface area (Å²) in [6, 6.07) is 24.1. The van der Waals surface area contributed by atoms with E-state index in [1.807, 2.05) is 62.4 Å². The van der Waals surface area contributed by atoms with Crippen molar-refractivity contribution >= 4 is 51.9 Å². The Hall–Kier alpha value is -3.62. The van der Waals surface area contributed by atoms with Gasteiger partial charge in [-0.1, -0.05) is 66.4 Å². The van der Waals surface area contributed by atoms with E-state index in [4.69, 9.17) is 21.7 Å². The number of rotatable bonds is 9. The van der Waals surface area contributed by atoms with E-state index in [2.05, 4.69) is 5.32 Å². The average molecular weight is 519 g/mol. The zero-order valence-electron chi connectivity index (χ0n) is 20.0. The molecule has 3 aromatic carbocycles. The number of nitrogens with zero attached hydrogens (tertiary/aromatic N) is 1. The van der Waals surface area contributed by atoms with E-state index >= 15 is 0 Å². The fourth-order valence-corrected chi connectivity index (χ4v) is 5.07. The molecule has 1 N–H and O–H groups in total. The van der Waals surface area contributed by atoms with Crippen molar-refractivity contribution in [2.45, 2.75) is 19.9 Å². The maximum Gasteiger partial charge on any atom is 0.266 e. The number of benzene rings is 3. The Morgan fingerprint density at radius 3 is 2.31 bits per heavy atom. The second-order valence-electron chi connectivity index (χ2n) is 8.00. The Labute approximate surface area is 220 Å². The molecule has 0 unspecified atom stereocenters. The summed E-state index contributed by atoms with van der Waals surface area (Å²) in [4.78, 5) is 27.5. The molecular formula is C28H26N2O4S2. The van der Waals surface area contributed by atoms with Gasteiger partial charge in [0.05, 0.1) is 17.6 Å². The van der Waals surface area contributed by atoms with Crippen LogP contribution in [0.3, 0.4) is 0 Å². The number of thiocarbonyl (C=S) groups is 1. The summed E-state index contributed by atoms with van der Waals surface area (Å²) in [7, 11) is 0. The fourth-order valence-electron chi connectivity index (χ4n) is 3.65. The molecule has 1 saturated heterocycles. The third-order valence-corrected chi connectivity index (χ3v) is 6.82. The molecule has 6 nitrogen and oxygen atoms in total. The fraction of sp³-hybridized carbons (Fsp3) is 0.179. The first-order valence-electron chi connectivity index (χ1n) is 11.5. The summed E-state index contributed by atoms with van der Waals surface area (Å²) >= 11 is 6.79. The second kappa shape index (κ2) is 11.9. The summed E-state index contributed by atoms with van der Waals surface area (Å²) in [5.74, 6) is 0.936. The van der Waals surface area contributed by atoms with Gasteiger partial charge in [-0.2, -0.15) is 0 Å². The molecule has 1 aliphatic heterocycles. The van der Waals surface area contributed by atoms with Gasteiger partial charge in [-0.05, 0) is 67.4 Å². The molecule has 0 aromatic heterocycles. The van der Waals surface area contributed by atoms with Crippen LogP contribution in [0.5, 0.6) is 11.5 Å². The number of thioether (sulfide) groups is 1. The minimum atomic E-state index is -0.264. The number of carbonyl (C=O) groups is 2. The molecule has 0 spiro atoms. The molecule has 1 heterocycles. The Bertz CT molecular complexity index is 1260. The van der Waals surface area contributed by atoms with Crippen LogP contribution in [-0.4, -0.2) is 34.2 Å². The number of anilines is 1. The van der Waals surface area contributed by atoms with Crippen molar-refractivity contribution in [3.05, 3.63) is 94.9 Å². The Morgan fingerprint density at radius 2 is 1.64 bits per heavy atom. The molecule has 1 fully saturated rings. The summed E-state index contributed by atoms with van der Waals surface area (Å²) in [5.41, 5.74) is 2.54. The van der Waals surface area contributed by atoms with E-state index in [9.17, 15) is 9.59 Å². The predicted molar refractivity (Wildman–Crippen MR) is 148 cm³/mol. The first-order valence-corrected chi connectivity index (χ1v) is 12.7. The first-order chi connectivity index (χ1) is 17.4. The zero-order valence-corrected chi connectivity index (χ0v) is 21.6. The SMILES string of the molecule is CCOc1ccc(NC(=O)COc2ccc(/C=C3\SC(=S)N([C@@H](C)c4ccccc4)C3=O)cc2)cc1. The monoisotopic (exact) mass is 518 g/mol. The van der Waals surface area contributed by atoms with Gasteiger partial charge in [0.1, 0.15) is 15.8 Å². The van der Waals surface area contributed by atoms with E-state index in [0.29, 0.717) is 27.3 Å². The highest BCUT2D eigenvalue weighted by atomic mass is 32.2. The van der Waals surface area contributed by atoms with Crippen LogP contribution in [0.1, 0.15) is 31.0 Å². The smallest absolute Gasteiger partial charge is 0.266 e. The lowest BCUT2D eigenvalue weighted by Gasteiger charge is -2.23. The molecular weight excluding hydrogens is 492 g/mol. The largest absolute Gasteiger partial charge is 0.494 e. The standard InChI is InChI=1S/C28H26N2O4S2/c1-3-33-23-15-11-22(12-16-23)29-26(31)18-34-24-13-9-20(10-14-24)17-25-27(32)30(28(35)36-25)19(2)21-7-5-4-6-8-21/h4-17,19H,3,18H2,1-2H3,(H,29,31)/b25-17-/t19-/m0/s1. The van der Waals surface area contributed by atoms with Gasteiger partial charge in [0, 0.05) is 5.69 Å². The number of carbonyl (C=O) groups excluding carboxylic acids is 2. The van der Waals surface area contributed by atoms with Gasteiger partial charge in [0.2, 0.25) is 0 Å². The van der Waals surface area contributed by atoms with Crippen molar-refractivity contribution < 1.29 is 19.1 Å². The number of ether oxygens (including phenoxy) is 2. The molecule has 0 bridgehead atoms. The number of nitrogens with one attached hydrogen (secondary N) is 1. The van der Waals surface area contributed by atoms with Crippen LogP contribution in [0.4, 0.5) is 5.69 Å². The van der Waals surface area contributed by atoms with Crippen LogP contribution in [0.2, 0.25) is 0 Å². The molecule has 2 amide bonds. The maximum atomic E-state index is 13.1. The Kier molecular flexibility index (Phi) is 8.40. The van der Waals surface area contributed by atoms with Crippen LogP contribution >= 0.6 is 24.0 Å². The highest BCUT2D eigenvalue weighted by molar-refractivity contribution is 8.26. The van der Waals surface area contributed by atoms with Crippen LogP contribution < -0.4 is 14.8 Å². The van der Waals surface area contributed by atoms with Crippen molar-refractivity contribution in [2.75, 3.05) is 18.5 Å². The molecule has 4 rings (SSSR count). The molecule has 0 saturated carbocycles. The summed E-state index contributed by atoms with van der Waals surface area (Å²) < 4.78 is 11.5.